The van der Waals surface area contributed by atoms with E-state index in [1.165, 1.54) is 12.1 Å². The molecule has 20 heavy (non-hydrogen) atoms. The van der Waals surface area contributed by atoms with Crippen molar-refractivity contribution in [1.82, 2.24) is 5.32 Å². The van der Waals surface area contributed by atoms with Crippen LogP contribution < -0.4 is 11.1 Å². The molecule has 2 rings (SSSR count). The minimum absolute atomic E-state index is 0. The Balaban J connectivity index is 0.00000200. The molecule has 3 N–H and O–H groups in total. The molecule has 0 radical (unpaired) electrons. The maximum Gasteiger partial charge on any atom is 0.249 e. The summed E-state index contributed by atoms with van der Waals surface area (Å²) < 4.78 is 19.3. The summed E-state index contributed by atoms with van der Waals surface area (Å²) in [4.78, 5) is 11.9. The average molecular weight is 368 g/mol. The minimum atomic E-state index is -0.439. The van der Waals surface area contributed by atoms with Crippen molar-refractivity contribution in [1.29, 1.82) is 0 Å². The Kier molecular flexibility index (Phi) is 6.88. The standard InChI is InChI=1S/C13H16BrFN2O2.ClH/c14-9-3-8(4-10(15)5-9)7-17-13(18)12-2-1-11(6-16)19-12;/h3-5,11-12H,1-2,6-7,16H2,(H,17,18);1H/t11-,12+;/m1./s1. The van der Waals surface area contributed by atoms with Crippen LogP contribution in [0.15, 0.2) is 22.7 Å². The normalized spacial score (nSPS) is 21.4. The molecule has 1 aliphatic rings. The van der Waals surface area contributed by atoms with E-state index in [0.717, 1.165) is 6.42 Å². The number of amides is 1. The van der Waals surface area contributed by atoms with Crippen LogP contribution in [0.5, 0.6) is 0 Å². The highest BCUT2D eigenvalue weighted by Gasteiger charge is 2.29. The number of rotatable bonds is 4. The summed E-state index contributed by atoms with van der Waals surface area (Å²) in [5.74, 6) is -0.504. The summed E-state index contributed by atoms with van der Waals surface area (Å²) in [5, 5.41) is 2.75. The quantitative estimate of drug-likeness (QED) is 0.857. The first-order valence-corrected chi connectivity index (χ1v) is 6.96. The molecule has 112 valence electrons. The van der Waals surface area contributed by atoms with Gasteiger partial charge < -0.3 is 15.8 Å². The maximum atomic E-state index is 13.2. The molecule has 1 aromatic rings. The van der Waals surface area contributed by atoms with Gasteiger partial charge in [-0.15, -0.1) is 12.4 Å². The van der Waals surface area contributed by atoms with Crippen LogP contribution in [0.3, 0.4) is 0 Å². The Labute approximate surface area is 131 Å². The van der Waals surface area contributed by atoms with Crippen molar-refractivity contribution < 1.29 is 13.9 Å². The molecule has 1 heterocycles. The van der Waals surface area contributed by atoms with Crippen LogP contribution in [0.1, 0.15) is 18.4 Å². The summed E-state index contributed by atoms with van der Waals surface area (Å²) in [6.07, 6.45) is 1.02. The van der Waals surface area contributed by atoms with Crippen molar-refractivity contribution in [3.05, 3.63) is 34.1 Å². The molecule has 2 atom stereocenters. The first-order valence-electron chi connectivity index (χ1n) is 6.16. The molecule has 0 aromatic heterocycles. The minimum Gasteiger partial charge on any atom is -0.364 e. The van der Waals surface area contributed by atoms with Gasteiger partial charge in [-0.3, -0.25) is 4.79 Å². The number of hydrogen-bond acceptors (Lipinski definition) is 3. The summed E-state index contributed by atoms with van der Waals surface area (Å²) >= 11 is 3.21. The molecular weight excluding hydrogens is 351 g/mol. The Morgan fingerprint density at radius 2 is 2.20 bits per heavy atom. The molecule has 0 saturated carbocycles. The van der Waals surface area contributed by atoms with Gasteiger partial charge in [-0.2, -0.15) is 0 Å². The van der Waals surface area contributed by atoms with Crippen LogP contribution in [0.2, 0.25) is 0 Å². The zero-order chi connectivity index (χ0) is 13.8. The summed E-state index contributed by atoms with van der Waals surface area (Å²) in [7, 11) is 0. The molecular formula is C13H17BrClFN2O2. The fourth-order valence-electron chi connectivity index (χ4n) is 2.09. The smallest absolute Gasteiger partial charge is 0.249 e. The van der Waals surface area contributed by atoms with E-state index in [2.05, 4.69) is 21.2 Å². The highest BCUT2D eigenvalue weighted by molar-refractivity contribution is 9.10. The summed E-state index contributed by atoms with van der Waals surface area (Å²) in [6, 6.07) is 4.53. The lowest BCUT2D eigenvalue weighted by Gasteiger charge is -2.12. The number of nitrogens with two attached hydrogens (primary N) is 1. The molecule has 1 amide bonds. The number of nitrogens with one attached hydrogen (secondary N) is 1. The van der Waals surface area contributed by atoms with Crippen LogP contribution in [-0.4, -0.2) is 24.7 Å². The number of hydrogen-bond donors (Lipinski definition) is 2. The van der Waals surface area contributed by atoms with Crippen LogP contribution >= 0.6 is 28.3 Å². The van der Waals surface area contributed by atoms with E-state index in [4.69, 9.17) is 10.5 Å². The lowest BCUT2D eigenvalue weighted by atomic mass is 10.2. The molecule has 1 fully saturated rings. The van der Waals surface area contributed by atoms with Crippen molar-refractivity contribution in [2.75, 3.05) is 6.54 Å². The third-order valence-electron chi connectivity index (χ3n) is 3.05. The summed E-state index contributed by atoms with van der Waals surface area (Å²) in [6.45, 7) is 0.711. The number of halogens is 3. The molecule has 4 nitrogen and oxygen atoms in total. The van der Waals surface area contributed by atoms with Gasteiger partial charge >= 0.3 is 0 Å². The second kappa shape index (κ2) is 7.93. The number of ether oxygens (including phenoxy) is 1. The fraction of sp³-hybridized carbons (Fsp3) is 0.462. The molecule has 1 saturated heterocycles. The Hall–Kier alpha value is -0.690. The fourth-order valence-corrected chi connectivity index (χ4v) is 2.60. The molecule has 0 bridgehead atoms. The van der Waals surface area contributed by atoms with E-state index in [-0.39, 0.29) is 36.8 Å². The first-order chi connectivity index (χ1) is 9.08. The van der Waals surface area contributed by atoms with E-state index in [1.807, 2.05) is 0 Å². The first kappa shape index (κ1) is 17.4. The van der Waals surface area contributed by atoms with Crippen LogP contribution in [-0.2, 0) is 16.1 Å². The number of benzene rings is 1. The van der Waals surface area contributed by atoms with Gasteiger partial charge in [0.1, 0.15) is 11.9 Å². The van der Waals surface area contributed by atoms with Crippen molar-refractivity contribution in [2.24, 2.45) is 5.73 Å². The predicted molar refractivity (Wildman–Crippen MR) is 80.1 cm³/mol. The molecule has 0 unspecified atom stereocenters. The molecule has 0 aliphatic carbocycles. The molecule has 1 aromatic carbocycles. The van der Waals surface area contributed by atoms with Gasteiger partial charge in [-0.05, 0) is 36.6 Å². The second-order valence-electron chi connectivity index (χ2n) is 4.56. The maximum absolute atomic E-state index is 13.2. The Bertz CT molecular complexity index is 455. The SMILES string of the molecule is Cl.NC[C@H]1CC[C@@H](C(=O)NCc2cc(F)cc(Br)c2)O1. The lowest BCUT2D eigenvalue weighted by molar-refractivity contribution is -0.132. The van der Waals surface area contributed by atoms with E-state index in [0.29, 0.717) is 23.0 Å². The third kappa shape index (κ3) is 4.70. The molecule has 7 heteroatoms. The Morgan fingerprint density at radius 1 is 1.45 bits per heavy atom. The highest BCUT2D eigenvalue weighted by Crippen LogP contribution is 2.19. The van der Waals surface area contributed by atoms with Gasteiger partial charge in [0.2, 0.25) is 5.91 Å². The van der Waals surface area contributed by atoms with E-state index < -0.39 is 6.10 Å². The third-order valence-corrected chi connectivity index (χ3v) is 3.51. The topological polar surface area (TPSA) is 64.4 Å². The van der Waals surface area contributed by atoms with Gasteiger partial charge in [-0.25, -0.2) is 4.39 Å². The van der Waals surface area contributed by atoms with Gasteiger partial charge in [0.05, 0.1) is 6.10 Å². The zero-order valence-electron chi connectivity index (χ0n) is 10.8. The van der Waals surface area contributed by atoms with E-state index in [9.17, 15) is 9.18 Å². The summed E-state index contributed by atoms with van der Waals surface area (Å²) in [5.41, 5.74) is 6.19. The van der Waals surface area contributed by atoms with Crippen molar-refractivity contribution in [2.45, 2.75) is 31.6 Å². The zero-order valence-corrected chi connectivity index (χ0v) is 13.2. The predicted octanol–water partition coefficient (Wildman–Crippen LogP) is 2.13. The Morgan fingerprint density at radius 3 is 2.80 bits per heavy atom. The largest absolute Gasteiger partial charge is 0.364 e. The van der Waals surface area contributed by atoms with Gasteiger partial charge in [0, 0.05) is 17.6 Å². The van der Waals surface area contributed by atoms with Crippen LogP contribution in [0.25, 0.3) is 0 Å². The molecule has 0 spiro atoms. The highest BCUT2D eigenvalue weighted by atomic mass is 79.9. The van der Waals surface area contributed by atoms with Crippen molar-refractivity contribution in [3.8, 4) is 0 Å². The van der Waals surface area contributed by atoms with Crippen LogP contribution in [0.4, 0.5) is 4.39 Å². The number of carbonyl (C=O) groups is 1. The van der Waals surface area contributed by atoms with Gasteiger partial charge in [0.15, 0.2) is 0 Å². The number of carbonyl (C=O) groups excluding carboxylic acids is 1. The van der Waals surface area contributed by atoms with Gasteiger partial charge in [-0.1, -0.05) is 15.9 Å². The van der Waals surface area contributed by atoms with Crippen molar-refractivity contribution in [3.63, 3.8) is 0 Å². The van der Waals surface area contributed by atoms with E-state index >= 15 is 0 Å². The molecule has 1 aliphatic heterocycles. The van der Waals surface area contributed by atoms with Gasteiger partial charge in [0.25, 0.3) is 0 Å². The second-order valence-corrected chi connectivity index (χ2v) is 5.47. The van der Waals surface area contributed by atoms with E-state index in [1.54, 1.807) is 6.07 Å². The van der Waals surface area contributed by atoms with Crippen LogP contribution in [0, 0.1) is 5.82 Å². The monoisotopic (exact) mass is 366 g/mol. The average Bonchev–Trinajstić information content (AvgIpc) is 2.83. The lowest BCUT2D eigenvalue weighted by Crippen LogP contribution is -2.35. The van der Waals surface area contributed by atoms with Crippen molar-refractivity contribution >= 4 is 34.2 Å².